The van der Waals surface area contributed by atoms with Gasteiger partial charge in [0.1, 0.15) is 0 Å². The molecule has 0 amide bonds. The van der Waals surface area contributed by atoms with Crippen molar-refractivity contribution in [1.82, 2.24) is 4.90 Å². The summed E-state index contributed by atoms with van der Waals surface area (Å²) in [6.45, 7) is 2.70. The van der Waals surface area contributed by atoms with Crippen molar-refractivity contribution < 1.29 is 5.11 Å². The van der Waals surface area contributed by atoms with Crippen LogP contribution in [-0.4, -0.2) is 41.8 Å². The Balaban J connectivity index is 1.71. The van der Waals surface area contributed by atoms with Crippen molar-refractivity contribution in [1.29, 1.82) is 0 Å². The predicted octanol–water partition coefficient (Wildman–Crippen LogP) is 2.80. The van der Waals surface area contributed by atoms with Gasteiger partial charge in [0, 0.05) is 18.5 Å². The number of benzene rings is 2. The Bertz CT molecular complexity index is 594. The SMILES string of the molecule is NC1CCN(CC(O)C(Cc2ccccc2)c2ccccc2)CC1. The molecule has 24 heavy (non-hydrogen) atoms. The second-order valence-corrected chi connectivity index (χ2v) is 6.91. The molecule has 0 saturated carbocycles. The summed E-state index contributed by atoms with van der Waals surface area (Å²) < 4.78 is 0. The van der Waals surface area contributed by atoms with Gasteiger partial charge in [-0.15, -0.1) is 0 Å². The van der Waals surface area contributed by atoms with E-state index < -0.39 is 0 Å². The number of rotatable bonds is 6. The third-order valence-corrected chi connectivity index (χ3v) is 5.07. The monoisotopic (exact) mass is 324 g/mol. The number of aliphatic hydroxyl groups is 1. The Labute approximate surface area is 145 Å². The number of hydrogen-bond acceptors (Lipinski definition) is 3. The molecule has 3 nitrogen and oxygen atoms in total. The maximum atomic E-state index is 11.0. The lowest BCUT2D eigenvalue weighted by Gasteiger charge is -2.34. The molecule has 0 bridgehead atoms. The number of nitrogens with zero attached hydrogens (tertiary/aromatic N) is 1. The van der Waals surface area contributed by atoms with E-state index in [4.69, 9.17) is 5.73 Å². The van der Waals surface area contributed by atoms with Crippen molar-refractivity contribution in [3.8, 4) is 0 Å². The van der Waals surface area contributed by atoms with Crippen LogP contribution < -0.4 is 5.73 Å². The number of hydrogen-bond donors (Lipinski definition) is 2. The van der Waals surface area contributed by atoms with Crippen molar-refractivity contribution in [3.63, 3.8) is 0 Å². The molecular weight excluding hydrogens is 296 g/mol. The Morgan fingerprint density at radius 2 is 1.54 bits per heavy atom. The summed E-state index contributed by atoms with van der Waals surface area (Å²) in [5.74, 6) is 0.115. The lowest BCUT2D eigenvalue weighted by Crippen LogP contribution is -2.44. The van der Waals surface area contributed by atoms with E-state index >= 15 is 0 Å². The molecule has 2 aromatic rings. The molecule has 0 aliphatic carbocycles. The van der Waals surface area contributed by atoms with E-state index in [-0.39, 0.29) is 12.0 Å². The molecule has 2 atom stereocenters. The highest BCUT2D eigenvalue weighted by molar-refractivity contribution is 5.25. The molecule has 0 aromatic heterocycles. The maximum absolute atomic E-state index is 11.0. The minimum Gasteiger partial charge on any atom is -0.391 e. The molecule has 2 unspecified atom stereocenters. The van der Waals surface area contributed by atoms with Gasteiger partial charge in [0.2, 0.25) is 0 Å². The smallest absolute Gasteiger partial charge is 0.0738 e. The van der Waals surface area contributed by atoms with E-state index in [1.54, 1.807) is 0 Å². The van der Waals surface area contributed by atoms with Crippen LogP contribution in [-0.2, 0) is 6.42 Å². The van der Waals surface area contributed by atoms with E-state index in [2.05, 4.69) is 53.4 Å². The molecule has 1 saturated heterocycles. The zero-order valence-electron chi connectivity index (χ0n) is 14.2. The van der Waals surface area contributed by atoms with Gasteiger partial charge in [0.15, 0.2) is 0 Å². The first-order valence-electron chi connectivity index (χ1n) is 8.97. The molecule has 3 N–H and O–H groups in total. The van der Waals surface area contributed by atoms with Crippen LogP contribution in [0.4, 0.5) is 0 Å². The highest BCUT2D eigenvalue weighted by Crippen LogP contribution is 2.26. The van der Waals surface area contributed by atoms with Crippen molar-refractivity contribution in [2.45, 2.75) is 37.3 Å². The van der Waals surface area contributed by atoms with Crippen LogP contribution in [0.3, 0.4) is 0 Å². The van der Waals surface area contributed by atoms with Gasteiger partial charge in [-0.05, 0) is 43.5 Å². The average Bonchev–Trinajstić information content (AvgIpc) is 2.63. The predicted molar refractivity (Wildman–Crippen MR) is 99.0 cm³/mol. The van der Waals surface area contributed by atoms with Gasteiger partial charge in [0.25, 0.3) is 0 Å². The first-order valence-corrected chi connectivity index (χ1v) is 8.97. The fourth-order valence-electron chi connectivity index (χ4n) is 3.57. The quantitative estimate of drug-likeness (QED) is 0.859. The van der Waals surface area contributed by atoms with Crippen LogP contribution in [0.2, 0.25) is 0 Å². The molecule has 1 fully saturated rings. The van der Waals surface area contributed by atoms with E-state index in [0.29, 0.717) is 6.04 Å². The van der Waals surface area contributed by atoms with Crippen LogP contribution >= 0.6 is 0 Å². The first kappa shape index (κ1) is 17.2. The van der Waals surface area contributed by atoms with Gasteiger partial charge in [-0.2, -0.15) is 0 Å². The van der Waals surface area contributed by atoms with E-state index in [1.165, 1.54) is 11.1 Å². The Morgan fingerprint density at radius 3 is 2.17 bits per heavy atom. The average molecular weight is 324 g/mol. The topological polar surface area (TPSA) is 49.5 Å². The van der Waals surface area contributed by atoms with Gasteiger partial charge in [0.05, 0.1) is 6.10 Å². The molecule has 0 spiro atoms. The van der Waals surface area contributed by atoms with Crippen LogP contribution in [0.5, 0.6) is 0 Å². The van der Waals surface area contributed by atoms with Crippen molar-refractivity contribution in [3.05, 3.63) is 71.8 Å². The summed E-state index contributed by atoms with van der Waals surface area (Å²) >= 11 is 0. The molecule has 3 heteroatoms. The molecule has 1 aliphatic rings. The fourth-order valence-corrected chi connectivity index (χ4v) is 3.57. The molecule has 3 rings (SSSR count). The Morgan fingerprint density at radius 1 is 0.958 bits per heavy atom. The summed E-state index contributed by atoms with van der Waals surface area (Å²) in [6.07, 6.45) is 2.55. The Kier molecular flexibility index (Phi) is 6.02. The summed E-state index contributed by atoms with van der Waals surface area (Å²) in [4.78, 5) is 2.36. The summed E-state index contributed by atoms with van der Waals surface area (Å²) in [7, 11) is 0. The number of β-amino-alcohol motifs (C(OH)–C–C–N with tert-alkyl or cyclic N) is 1. The largest absolute Gasteiger partial charge is 0.391 e. The van der Waals surface area contributed by atoms with Gasteiger partial charge < -0.3 is 15.7 Å². The fraction of sp³-hybridized carbons (Fsp3) is 0.429. The molecule has 1 heterocycles. The van der Waals surface area contributed by atoms with Crippen molar-refractivity contribution in [2.24, 2.45) is 5.73 Å². The third-order valence-electron chi connectivity index (χ3n) is 5.07. The van der Waals surface area contributed by atoms with E-state index in [9.17, 15) is 5.11 Å². The second kappa shape index (κ2) is 8.43. The zero-order chi connectivity index (χ0) is 16.8. The summed E-state index contributed by atoms with van der Waals surface area (Å²) in [5, 5.41) is 11.0. The second-order valence-electron chi connectivity index (χ2n) is 6.91. The van der Waals surface area contributed by atoms with E-state index in [1.807, 2.05) is 12.1 Å². The number of piperidine rings is 1. The van der Waals surface area contributed by atoms with Crippen molar-refractivity contribution >= 4 is 0 Å². The first-order chi connectivity index (χ1) is 11.7. The molecule has 128 valence electrons. The normalized spacial score (nSPS) is 19.1. The molecular formula is C21H28N2O. The standard InChI is InChI=1S/C21H28N2O/c22-19-11-13-23(14-12-19)16-21(24)20(18-9-5-2-6-10-18)15-17-7-3-1-4-8-17/h1-10,19-21,24H,11-16,22H2. The number of nitrogens with two attached hydrogens (primary N) is 1. The van der Waals surface area contributed by atoms with Crippen LogP contribution in [0.1, 0.15) is 29.9 Å². The molecule has 2 aromatic carbocycles. The lowest BCUT2D eigenvalue weighted by molar-refractivity contribution is 0.0774. The molecule has 0 radical (unpaired) electrons. The minimum atomic E-state index is -0.373. The Hall–Kier alpha value is -1.68. The lowest BCUT2D eigenvalue weighted by atomic mass is 9.87. The van der Waals surface area contributed by atoms with E-state index in [0.717, 1.165) is 38.9 Å². The van der Waals surface area contributed by atoms with Crippen LogP contribution in [0.25, 0.3) is 0 Å². The van der Waals surface area contributed by atoms with Crippen LogP contribution in [0, 0.1) is 0 Å². The van der Waals surface area contributed by atoms with Gasteiger partial charge in [-0.25, -0.2) is 0 Å². The van der Waals surface area contributed by atoms with Gasteiger partial charge >= 0.3 is 0 Å². The summed E-state index contributed by atoms with van der Waals surface area (Å²) in [6, 6.07) is 21.2. The number of likely N-dealkylation sites (tertiary alicyclic amines) is 1. The molecule has 1 aliphatic heterocycles. The number of aliphatic hydroxyl groups excluding tert-OH is 1. The van der Waals surface area contributed by atoms with Gasteiger partial charge in [-0.1, -0.05) is 60.7 Å². The highest BCUT2D eigenvalue weighted by atomic mass is 16.3. The highest BCUT2D eigenvalue weighted by Gasteiger charge is 2.25. The van der Waals surface area contributed by atoms with Gasteiger partial charge in [-0.3, -0.25) is 0 Å². The van der Waals surface area contributed by atoms with Crippen LogP contribution in [0.15, 0.2) is 60.7 Å². The minimum absolute atomic E-state index is 0.115. The third kappa shape index (κ3) is 4.67. The zero-order valence-corrected chi connectivity index (χ0v) is 14.2. The maximum Gasteiger partial charge on any atom is 0.0738 e. The summed E-state index contributed by atoms with van der Waals surface area (Å²) in [5.41, 5.74) is 8.47. The van der Waals surface area contributed by atoms with Crippen molar-refractivity contribution in [2.75, 3.05) is 19.6 Å².